The molecule has 0 saturated carbocycles. The second-order valence-electron chi connectivity index (χ2n) is 4.83. The summed E-state index contributed by atoms with van der Waals surface area (Å²) in [6.07, 6.45) is 1.18. The Hall–Kier alpha value is -1.88. The highest BCUT2D eigenvalue weighted by atomic mass is 16.6. The van der Waals surface area contributed by atoms with Crippen LogP contribution in [0.4, 0.5) is 0 Å². The van der Waals surface area contributed by atoms with E-state index in [2.05, 4.69) is 9.47 Å². The Morgan fingerprint density at radius 1 is 0.783 bits per heavy atom. The zero-order chi connectivity index (χ0) is 17.8. The van der Waals surface area contributed by atoms with Gasteiger partial charge >= 0.3 is 23.9 Å². The summed E-state index contributed by atoms with van der Waals surface area (Å²) < 4.78 is 8.90. The van der Waals surface area contributed by atoms with Crippen LogP contribution in [0, 0.1) is 0 Å². The van der Waals surface area contributed by atoms with Crippen molar-refractivity contribution in [3.63, 3.8) is 0 Å². The third-order valence-electron chi connectivity index (χ3n) is 2.82. The summed E-state index contributed by atoms with van der Waals surface area (Å²) >= 11 is 0. The lowest BCUT2D eigenvalue weighted by atomic mass is 10.1. The molecule has 0 rings (SSSR count). The normalized spacial score (nSPS) is 13.0. The van der Waals surface area contributed by atoms with E-state index in [-0.39, 0.29) is 25.8 Å². The predicted molar refractivity (Wildman–Crippen MR) is 79.3 cm³/mol. The van der Waals surface area contributed by atoms with Gasteiger partial charge in [0, 0.05) is 6.42 Å². The van der Waals surface area contributed by atoms with Gasteiger partial charge in [0.1, 0.15) is 12.1 Å². The van der Waals surface area contributed by atoms with E-state index >= 15 is 0 Å². The van der Waals surface area contributed by atoms with Crippen LogP contribution in [0.5, 0.6) is 0 Å². The molecule has 0 bridgehead atoms. The van der Waals surface area contributed by atoms with Gasteiger partial charge in [0.15, 0.2) is 0 Å². The first-order valence-electron chi connectivity index (χ1n) is 7.22. The molecular formula is C13H24N4O6. The van der Waals surface area contributed by atoms with Gasteiger partial charge in [-0.3, -0.25) is 9.59 Å². The van der Waals surface area contributed by atoms with E-state index in [1.54, 1.807) is 0 Å². The van der Waals surface area contributed by atoms with Crippen LogP contribution in [0.25, 0.3) is 0 Å². The van der Waals surface area contributed by atoms with E-state index < -0.39 is 42.5 Å². The highest BCUT2D eigenvalue weighted by Gasteiger charge is 2.19. The van der Waals surface area contributed by atoms with Crippen LogP contribution in [-0.4, -0.2) is 49.1 Å². The average Bonchev–Trinajstić information content (AvgIpc) is 2.51. The van der Waals surface area contributed by atoms with Crippen molar-refractivity contribution in [3.05, 3.63) is 0 Å². The van der Waals surface area contributed by atoms with Crippen molar-refractivity contribution < 1.29 is 28.7 Å². The molecule has 0 aromatic carbocycles. The summed E-state index contributed by atoms with van der Waals surface area (Å²) in [5.41, 5.74) is 21.2. The minimum absolute atomic E-state index is 0.0232. The quantitative estimate of drug-likeness (QED) is 0.191. The molecule has 0 aliphatic carbocycles. The fraction of sp³-hybridized carbons (Fsp3) is 0.692. The zero-order valence-corrected chi connectivity index (χ0v) is 12.9. The van der Waals surface area contributed by atoms with Crippen molar-refractivity contribution in [1.82, 2.24) is 0 Å². The Balaban J connectivity index is 3.90. The number of carbonyl (C=O) groups excluding carboxylic acids is 4. The minimum Gasteiger partial charge on any atom is -0.392 e. The molecular weight excluding hydrogens is 308 g/mol. The first kappa shape index (κ1) is 21.1. The lowest BCUT2D eigenvalue weighted by Crippen LogP contribution is -2.35. The van der Waals surface area contributed by atoms with Gasteiger partial charge in [-0.25, -0.2) is 9.59 Å². The van der Waals surface area contributed by atoms with Gasteiger partial charge in [-0.2, -0.15) is 0 Å². The Labute approximate surface area is 133 Å². The SMILES string of the molecule is NCCC(N)C(=O)OC(=O)CCCCC(N)C(=O)OC(=O)CN. The maximum atomic E-state index is 11.4. The molecule has 23 heavy (non-hydrogen) atoms. The molecule has 0 heterocycles. The number of ether oxygens (including phenoxy) is 2. The second kappa shape index (κ2) is 11.7. The molecule has 0 radical (unpaired) electrons. The van der Waals surface area contributed by atoms with Crippen LogP contribution in [0.2, 0.25) is 0 Å². The summed E-state index contributed by atoms with van der Waals surface area (Å²) in [5, 5.41) is 0. The predicted octanol–water partition coefficient (Wildman–Crippen LogP) is -2.35. The van der Waals surface area contributed by atoms with Gasteiger partial charge < -0.3 is 32.4 Å². The average molecular weight is 332 g/mol. The maximum absolute atomic E-state index is 11.4. The van der Waals surface area contributed by atoms with Gasteiger partial charge in [0.05, 0.1) is 6.54 Å². The van der Waals surface area contributed by atoms with Crippen LogP contribution in [-0.2, 0) is 28.7 Å². The van der Waals surface area contributed by atoms with Crippen molar-refractivity contribution in [3.8, 4) is 0 Å². The number of hydrogen-bond acceptors (Lipinski definition) is 10. The molecule has 0 aromatic rings. The lowest BCUT2D eigenvalue weighted by molar-refractivity contribution is -0.161. The first-order valence-corrected chi connectivity index (χ1v) is 7.22. The Bertz CT molecular complexity index is 429. The van der Waals surface area contributed by atoms with Crippen molar-refractivity contribution in [2.24, 2.45) is 22.9 Å². The standard InChI is InChI=1S/C13H24N4O6/c14-6-5-9(17)13(21)22-10(18)4-2-1-3-8(16)12(20)23-11(19)7-15/h8-9H,1-7,14-17H2. The van der Waals surface area contributed by atoms with Gasteiger partial charge in [-0.05, 0) is 25.8 Å². The van der Waals surface area contributed by atoms with Crippen LogP contribution < -0.4 is 22.9 Å². The molecule has 132 valence electrons. The smallest absolute Gasteiger partial charge is 0.330 e. The molecule has 10 heteroatoms. The third kappa shape index (κ3) is 9.68. The van der Waals surface area contributed by atoms with Gasteiger partial charge in [0.2, 0.25) is 0 Å². The Morgan fingerprint density at radius 3 is 1.83 bits per heavy atom. The first-order chi connectivity index (χ1) is 10.8. The molecule has 0 aliphatic heterocycles. The van der Waals surface area contributed by atoms with Gasteiger partial charge in [-0.1, -0.05) is 6.42 Å². The molecule has 2 atom stereocenters. The second-order valence-corrected chi connectivity index (χ2v) is 4.83. The Morgan fingerprint density at radius 2 is 1.30 bits per heavy atom. The zero-order valence-electron chi connectivity index (χ0n) is 12.9. The number of hydrogen-bond donors (Lipinski definition) is 4. The largest absolute Gasteiger partial charge is 0.392 e. The fourth-order valence-corrected chi connectivity index (χ4v) is 1.52. The van der Waals surface area contributed by atoms with Crippen LogP contribution in [0.15, 0.2) is 0 Å². The van der Waals surface area contributed by atoms with Crippen LogP contribution in [0.3, 0.4) is 0 Å². The molecule has 2 unspecified atom stereocenters. The highest BCUT2D eigenvalue weighted by molar-refractivity contribution is 5.89. The van der Waals surface area contributed by atoms with Gasteiger partial charge in [-0.15, -0.1) is 0 Å². The van der Waals surface area contributed by atoms with Crippen LogP contribution in [0.1, 0.15) is 32.1 Å². The van der Waals surface area contributed by atoms with Crippen LogP contribution >= 0.6 is 0 Å². The molecule has 0 aromatic heterocycles. The number of carbonyl (C=O) groups is 4. The minimum atomic E-state index is -0.985. The molecule has 10 nitrogen and oxygen atoms in total. The van der Waals surface area contributed by atoms with Crippen molar-refractivity contribution >= 4 is 23.9 Å². The van der Waals surface area contributed by atoms with E-state index in [4.69, 9.17) is 22.9 Å². The molecule has 0 aliphatic rings. The number of nitrogens with two attached hydrogens (primary N) is 4. The number of esters is 4. The number of unbranched alkanes of at least 4 members (excludes halogenated alkanes) is 1. The van der Waals surface area contributed by atoms with Crippen molar-refractivity contribution in [2.75, 3.05) is 13.1 Å². The summed E-state index contributed by atoms with van der Waals surface area (Å²) in [7, 11) is 0. The van der Waals surface area contributed by atoms with Crippen molar-refractivity contribution in [1.29, 1.82) is 0 Å². The maximum Gasteiger partial charge on any atom is 0.330 e. The highest BCUT2D eigenvalue weighted by Crippen LogP contribution is 2.05. The van der Waals surface area contributed by atoms with E-state index in [1.807, 2.05) is 0 Å². The summed E-state index contributed by atoms with van der Waals surface area (Å²) in [5.74, 6) is -3.26. The Kier molecular flexibility index (Phi) is 10.7. The molecule has 8 N–H and O–H groups in total. The molecule has 0 saturated heterocycles. The monoisotopic (exact) mass is 332 g/mol. The van der Waals surface area contributed by atoms with E-state index in [9.17, 15) is 19.2 Å². The summed E-state index contributed by atoms with van der Waals surface area (Å²) in [6.45, 7) is -0.199. The van der Waals surface area contributed by atoms with E-state index in [1.165, 1.54) is 0 Å². The van der Waals surface area contributed by atoms with E-state index in [0.29, 0.717) is 12.8 Å². The third-order valence-corrected chi connectivity index (χ3v) is 2.82. The van der Waals surface area contributed by atoms with E-state index in [0.717, 1.165) is 0 Å². The molecule has 0 spiro atoms. The van der Waals surface area contributed by atoms with Gasteiger partial charge in [0.25, 0.3) is 0 Å². The topological polar surface area (TPSA) is 191 Å². The lowest BCUT2D eigenvalue weighted by Gasteiger charge is -2.10. The van der Waals surface area contributed by atoms with Crippen molar-refractivity contribution in [2.45, 2.75) is 44.2 Å². The molecule has 0 amide bonds. The fourth-order valence-electron chi connectivity index (χ4n) is 1.52. The summed E-state index contributed by atoms with van der Waals surface area (Å²) in [6, 6.07) is -1.91. The summed E-state index contributed by atoms with van der Waals surface area (Å²) in [4.78, 5) is 44.9. The number of rotatable bonds is 10. The molecule has 0 fully saturated rings.